The van der Waals surface area contributed by atoms with Crippen LogP contribution in [0.4, 0.5) is 13.2 Å². The molecule has 1 aliphatic heterocycles. The van der Waals surface area contributed by atoms with Gasteiger partial charge >= 0.3 is 0 Å². The van der Waals surface area contributed by atoms with Crippen LogP contribution < -0.4 is 0 Å². The smallest absolute Gasteiger partial charge is 0.194 e. The minimum atomic E-state index is -1.62. The van der Waals surface area contributed by atoms with Crippen LogP contribution in [0.15, 0.2) is 36.5 Å². The van der Waals surface area contributed by atoms with Gasteiger partial charge in [0, 0.05) is 21.8 Å². The van der Waals surface area contributed by atoms with Crippen molar-refractivity contribution in [1.82, 2.24) is 15.0 Å². The molecule has 4 N–H and O–H groups in total. The van der Waals surface area contributed by atoms with E-state index in [1.54, 1.807) is 32.0 Å². The zero-order chi connectivity index (χ0) is 27.2. The summed E-state index contributed by atoms with van der Waals surface area (Å²) in [5.74, 6) is -4.32. The van der Waals surface area contributed by atoms with E-state index in [0.717, 1.165) is 16.8 Å². The summed E-state index contributed by atoms with van der Waals surface area (Å²) in [6.07, 6.45) is -1.26. The third-order valence-corrected chi connectivity index (χ3v) is 11.0. The highest BCUT2D eigenvalue weighted by atomic mass is 35.5. The molecule has 3 aromatic rings. The standard InChI is InChI=1S/C24H26Cl2F3N3O4S/c1-24(2,36)23(12-4-3-5-13(25)19(12)26)37-10-17(34)21(22(35)18(37)9-33)32-8-16(30-31-32)11-6-14(27)20(29)15(28)7-11/h3-8,17-18,21-23,33-37H,9-10H2,1-2H3/t17-,18+,21-,22-,23?/m0/s1. The van der Waals surface area contributed by atoms with Crippen molar-refractivity contribution >= 4 is 34.1 Å². The first kappa shape index (κ1) is 28.2. The molecular formula is C24H26Cl2F3N3O4S. The van der Waals surface area contributed by atoms with Crippen LogP contribution in [0.5, 0.6) is 0 Å². The van der Waals surface area contributed by atoms with Crippen molar-refractivity contribution in [1.29, 1.82) is 0 Å². The van der Waals surface area contributed by atoms with Gasteiger partial charge in [-0.05, 0) is 37.6 Å². The summed E-state index contributed by atoms with van der Waals surface area (Å²) in [5.41, 5.74) is -0.907. The molecule has 0 saturated carbocycles. The Bertz CT molecular complexity index is 1270. The minimum Gasteiger partial charge on any atom is -0.395 e. The maximum Gasteiger partial charge on any atom is 0.194 e. The monoisotopic (exact) mass is 579 g/mol. The molecule has 7 nitrogen and oxygen atoms in total. The maximum atomic E-state index is 13.7. The Morgan fingerprint density at radius 3 is 2.41 bits per heavy atom. The number of benzene rings is 2. The number of thiol groups is 1. The summed E-state index contributed by atoms with van der Waals surface area (Å²) in [4.78, 5) is 0. The molecule has 1 fully saturated rings. The molecule has 0 amide bonds. The van der Waals surface area contributed by atoms with Crippen LogP contribution in [0, 0.1) is 17.5 Å². The Labute approximate surface area is 223 Å². The van der Waals surface area contributed by atoms with Gasteiger partial charge in [-0.2, -0.15) is 0 Å². The highest BCUT2D eigenvalue weighted by molar-refractivity contribution is 8.18. The van der Waals surface area contributed by atoms with E-state index in [2.05, 4.69) is 10.3 Å². The van der Waals surface area contributed by atoms with E-state index in [-0.39, 0.29) is 27.1 Å². The average molecular weight is 580 g/mol. The van der Waals surface area contributed by atoms with Crippen LogP contribution in [-0.2, 0) is 0 Å². The summed E-state index contributed by atoms with van der Waals surface area (Å²) in [7, 11) is -1.48. The Hall–Kier alpha value is -1.86. The molecule has 0 bridgehead atoms. The van der Waals surface area contributed by atoms with Gasteiger partial charge < -0.3 is 20.4 Å². The lowest BCUT2D eigenvalue weighted by Gasteiger charge is -2.50. The number of hydrogen-bond acceptors (Lipinski definition) is 6. The molecule has 0 radical (unpaired) electrons. The van der Waals surface area contributed by atoms with Crippen LogP contribution in [-0.4, -0.2) is 70.8 Å². The molecule has 37 heavy (non-hydrogen) atoms. The van der Waals surface area contributed by atoms with Crippen molar-refractivity contribution in [3.8, 4) is 11.3 Å². The second kappa shape index (κ2) is 10.7. The van der Waals surface area contributed by atoms with E-state index < -0.39 is 69.3 Å². The molecule has 1 saturated heterocycles. The van der Waals surface area contributed by atoms with Gasteiger partial charge in [0.2, 0.25) is 0 Å². The molecule has 2 unspecified atom stereocenters. The summed E-state index contributed by atoms with van der Waals surface area (Å²) >= 11 is 12.7. The van der Waals surface area contributed by atoms with E-state index in [0.29, 0.717) is 5.56 Å². The SMILES string of the molecule is CC(C)(O)C(c1cccc(Cl)c1Cl)[SH]1C[C@H](O)[C@H](n2cc(-c3cc(F)c(F)c(F)c3)nn2)[C@@H](O)[C@H]1CO. The van der Waals surface area contributed by atoms with Crippen LogP contribution in [0.25, 0.3) is 11.3 Å². The Morgan fingerprint density at radius 1 is 1.16 bits per heavy atom. The predicted molar refractivity (Wildman–Crippen MR) is 137 cm³/mol. The number of aliphatic hydroxyl groups is 4. The summed E-state index contributed by atoms with van der Waals surface area (Å²) in [6, 6.07) is 5.46. The molecule has 2 aromatic carbocycles. The molecule has 202 valence electrons. The largest absolute Gasteiger partial charge is 0.395 e. The Morgan fingerprint density at radius 2 is 1.81 bits per heavy atom. The molecule has 1 aromatic heterocycles. The highest BCUT2D eigenvalue weighted by Gasteiger charge is 2.49. The van der Waals surface area contributed by atoms with Gasteiger partial charge in [0.15, 0.2) is 17.5 Å². The van der Waals surface area contributed by atoms with Gasteiger partial charge in [0.25, 0.3) is 0 Å². The number of aliphatic hydroxyl groups excluding tert-OH is 3. The lowest BCUT2D eigenvalue weighted by Crippen LogP contribution is -2.52. The zero-order valence-electron chi connectivity index (χ0n) is 19.7. The van der Waals surface area contributed by atoms with Gasteiger partial charge in [-0.1, -0.05) is 40.5 Å². The fourth-order valence-electron chi connectivity index (χ4n) is 4.91. The second-order valence-electron chi connectivity index (χ2n) is 9.53. The first-order chi connectivity index (χ1) is 17.3. The zero-order valence-corrected chi connectivity index (χ0v) is 22.1. The van der Waals surface area contributed by atoms with Gasteiger partial charge in [-0.25, -0.2) is 28.7 Å². The van der Waals surface area contributed by atoms with Crippen LogP contribution in [0.3, 0.4) is 0 Å². The average Bonchev–Trinajstić information content (AvgIpc) is 3.29. The Balaban J connectivity index is 1.69. The van der Waals surface area contributed by atoms with Crippen LogP contribution in [0.2, 0.25) is 10.0 Å². The summed E-state index contributed by atoms with van der Waals surface area (Å²) < 4.78 is 41.9. The fraction of sp³-hybridized carbons (Fsp3) is 0.417. The number of nitrogens with zero attached hydrogens (tertiary/aromatic N) is 3. The van der Waals surface area contributed by atoms with Crippen molar-refractivity contribution in [3.05, 3.63) is 69.6 Å². The number of halogens is 5. The molecule has 13 heteroatoms. The molecule has 0 spiro atoms. The van der Waals surface area contributed by atoms with E-state index >= 15 is 0 Å². The third-order valence-electron chi connectivity index (χ3n) is 6.52. The molecule has 6 atom stereocenters. The molecule has 0 aliphatic carbocycles. The number of aromatic nitrogens is 3. The number of rotatable bonds is 6. The van der Waals surface area contributed by atoms with Crippen molar-refractivity contribution in [2.24, 2.45) is 0 Å². The maximum absolute atomic E-state index is 13.7. The molecule has 2 heterocycles. The normalized spacial score (nSPS) is 26.3. The van der Waals surface area contributed by atoms with E-state index in [1.165, 1.54) is 6.20 Å². The third kappa shape index (κ3) is 5.36. The quantitative estimate of drug-likeness (QED) is 0.224. The lowest BCUT2D eigenvalue weighted by molar-refractivity contribution is 0.00572. The molecule has 4 rings (SSSR count). The van der Waals surface area contributed by atoms with Gasteiger partial charge in [-0.3, -0.25) is 0 Å². The summed E-state index contributed by atoms with van der Waals surface area (Å²) in [6.45, 7) is 2.71. The van der Waals surface area contributed by atoms with E-state index in [1.807, 2.05) is 0 Å². The van der Waals surface area contributed by atoms with Gasteiger partial charge in [-0.15, -0.1) is 5.10 Å². The summed E-state index contributed by atoms with van der Waals surface area (Å²) in [5, 5.41) is 50.7. The van der Waals surface area contributed by atoms with Crippen LogP contribution >= 0.6 is 34.1 Å². The second-order valence-corrected chi connectivity index (χ2v) is 12.9. The van der Waals surface area contributed by atoms with Crippen molar-refractivity contribution in [3.63, 3.8) is 0 Å². The van der Waals surface area contributed by atoms with Gasteiger partial charge in [0.1, 0.15) is 11.7 Å². The predicted octanol–water partition coefficient (Wildman–Crippen LogP) is 3.82. The van der Waals surface area contributed by atoms with E-state index in [4.69, 9.17) is 23.2 Å². The van der Waals surface area contributed by atoms with Crippen molar-refractivity contribution < 1.29 is 33.6 Å². The minimum absolute atomic E-state index is 0.00864. The van der Waals surface area contributed by atoms with Crippen LogP contribution in [0.1, 0.15) is 30.7 Å². The first-order valence-corrected chi connectivity index (χ1v) is 13.7. The first-order valence-electron chi connectivity index (χ1n) is 11.3. The lowest BCUT2D eigenvalue weighted by atomic mass is 9.97. The van der Waals surface area contributed by atoms with Gasteiger partial charge in [0.05, 0.1) is 40.7 Å². The fourth-order valence-corrected chi connectivity index (χ4v) is 9.08. The van der Waals surface area contributed by atoms with E-state index in [9.17, 15) is 33.6 Å². The topological polar surface area (TPSA) is 112 Å². The number of hydrogen-bond donors (Lipinski definition) is 5. The van der Waals surface area contributed by atoms with Crippen molar-refractivity contribution in [2.45, 2.75) is 48.2 Å². The highest BCUT2D eigenvalue weighted by Crippen LogP contribution is 2.58. The van der Waals surface area contributed by atoms with Crippen molar-refractivity contribution in [2.75, 3.05) is 12.4 Å². The molecular weight excluding hydrogens is 554 g/mol. The molecule has 1 aliphatic rings. The Kier molecular flexibility index (Phi) is 8.16.